The number of hydrogen-bond donors (Lipinski definition) is 1. The van der Waals surface area contributed by atoms with E-state index in [0.717, 1.165) is 25.9 Å². The first-order valence-electron chi connectivity index (χ1n) is 8.06. The van der Waals surface area contributed by atoms with E-state index in [0.29, 0.717) is 30.8 Å². The van der Waals surface area contributed by atoms with Crippen LogP contribution < -0.4 is 9.62 Å². The molecule has 0 aromatic heterocycles. The summed E-state index contributed by atoms with van der Waals surface area (Å²) in [5.74, 6) is -0.00778. The van der Waals surface area contributed by atoms with Gasteiger partial charge in [0.25, 0.3) is 5.91 Å². The number of ether oxygens (including phenoxy) is 1. The van der Waals surface area contributed by atoms with Gasteiger partial charge >= 0.3 is 0 Å². The van der Waals surface area contributed by atoms with Crippen LogP contribution in [0.1, 0.15) is 36.0 Å². The molecule has 1 aromatic rings. The Morgan fingerprint density at radius 3 is 2.91 bits per heavy atom. The third-order valence-corrected chi connectivity index (χ3v) is 6.14. The molecular weight excluding hydrogens is 316 g/mol. The zero-order valence-corrected chi connectivity index (χ0v) is 13.8. The van der Waals surface area contributed by atoms with Crippen molar-refractivity contribution in [3.8, 4) is 0 Å². The zero-order chi connectivity index (χ0) is 16.3. The van der Waals surface area contributed by atoms with Crippen molar-refractivity contribution in [3.63, 3.8) is 0 Å². The summed E-state index contributed by atoms with van der Waals surface area (Å²) < 4.78 is 30.9. The normalized spacial score (nSPS) is 23.1. The van der Waals surface area contributed by atoms with Crippen LogP contribution in [0.15, 0.2) is 24.3 Å². The highest BCUT2D eigenvalue weighted by molar-refractivity contribution is 7.93. The Labute approximate surface area is 136 Å². The maximum atomic E-state index is 12.2. The van der Waals surface area contributed by atoms with E-state index in [-0.39, 0.29) is 17.8 Å². The maximum absolute atomic E-state index is 12.2. The number of nitrogens with zero attached hydrogens (tertiary/aromatic N) is 1. The molecule has 2 fully saturated rings. The summed E-state index contributed by atoms with van der Waals surface area (Å²) in [4.78, 5) is 12.2. The molecule has 0 radical (unpaired) electrons. The van der Waals surface area contributed by atoms with Crippen LogP contribution in [0.3, 0.4) is 0 Å². The summed E-state index contributed by atoms with van der Waals surface area (Å²) in [6.07, 6.45) is 3.83. The molecule has 0 spiro atoms. The van der Waals surface area contributed by atoms with Crippen molar-refractivity contribution in [3.05, 3.63) is 29.8 Å². The second-order valence-electron chi connectivity index (χ2n) is 5.97. The molecule has 1 amide bonds. The second kappa shape index (κ2) is 6.88. The van der Waals surface area contributed by atoms with Gasteiger partial charge in [-0.15, -0.1) is 0 Å². The molecule has 2 heterocycles. The molecule has 1 atom stereocenters. The van der Waals surface area contributed by atoms with Gasteiger partial charge in [0.2, 0.25) is 10.0 Å². The number of amides is 1. The van der Waals surface area contributed by atoms with Crippen LogP contribution in [0, 0.1) is 0 Å². The van der Waals surface area contributed by atoms with Crippen LogP contribution in [0.25, 0.3) is 0 Å². The Balaban J connectivity index is 1.61. The molecule has 126 valence electrons. The zero-order valence-electron chi connectivity index (χ0n) is 13.0. The lowest BCUT2D eigenvalue weighted by Crippen LogP contribution is -2.28. The molecule has 2 aliphatic rings. The fourth-order valence-electron chi connectivity index (χ4n) is 3.05. The van der Waals surface area contributed by atoms with Crippen molar-refractivity contribution in [2.45, 2.75) is 31.8 Å². The number of nitrogens with one attached hydrogen (secondary N) is 1. The molecule has 6 nitrogen and oxygen atoms in total. The van der Waals surface area contributed by atoms with Gasteiger partial charge in [-0.25, -0.2) is 8.42 Å². The van der Waals surface area contributed by atoms with Crippen LogP contribution in [-0.4, -0.2) is 45.9 Å². The summed E-state index contributed by atoms with van der Waals surface area (Å²) in [6.45, 7) is 1.85. The molecule has 3 rings (SSSR count). The Morgan fingerprint density at radius 2 is 2.22 bits per heavy atom. The molecule has 1 aromatic carbocycles. The van der Waals surface area contributed by atoms with E-state index in [9.17, 15) is 13.2 Å². The highest BCUT2D eigenvalue weighted by Crippen LogP contribution is 2.24. The van der Waals surface area contributed by atoms with Crippen molar-refractivity contribution >= 4 is 21.6 Å². The average molecular weight is 338 g/mol. The predicted octanol–water partition coefficient (Wildman–Crippen LogP) is 1.53. The summed E-state index contributed by atoms with van der Waals surface area (Å²) in [5.41, 5.74) is 1.05. The molecule has 2 saturated heterocycles. The van der Waals surface area contributed by atoms with Gasteiger partial charge in [-0.1, -0.05) is 6.07 Å². The minimum atomic E-state index is -3.23. The van der Waals surface area contributed by atoms with Crippen LogP contribution in [0.2, 0.25) is 0 Å². The number of hydrogen-bond acceptors (Lipinski definition) is 4. The highest BCUT2D eigenvalue weighted by atomic mass is 32.2. The summed E-state index contributed by atoms with van der Waals surface area (Å²) in [7, 11) is -3.23. The fourth-order valence-corrected chi connectivity index (χ4v) is 4.61. The Morgan fingerprint density at radius 1 is 1.35 bits per heavy atom. The third kappa shape index (κ3) is 3.84. The van der Waals surface area contributed by atoms with E-state index in [2.05, 4.69) is 5.32 Å². The highest BCUT2D eigenvalue weighted by Gasteiger charge is 2.28. The SMILES string of the molecule is O=C(NCCC1CCCO1)c1cccc(N2CCCS2(=O)=O)c1. The van der Waals surface area contributed by atoms with E-state index >= 15 is 0 Å². The number of benzene rings is 1. The molecule has 2 aliphatic heterocycles. The molecule has 1 N–H and O–H groups in total. The van der Waals surface area contributed by atoms with Gasteiger partial charge in [-0.05, 0) is 43.9 Å². The molecule has 0 saturated carbocycles. The number of sulfonamides is 1. The summed E-state index contributed by atoms with van der Waals surface area (Å²) >= 11 is 0. The minimum absolute atomic E-state index is 0.171. The van der Waals surface area contributed by atoms with Gasteiger partial charge in [0.15, 0.2) is 0 Å². The van der Waals surface area contributed by atoms with Crippen molar-refractivity contribution in [2.24, 2.45) is 0 Å². The average Bonchev–Trinajstić information content (AvgIpc) is 3.16. The van der Waals surface area contributed by atoms with Gasteiger partial charge in [0, 0.05) is 25.3 Å². The van der Waals surface area contributed by atoms with Gasteiger partial charge in [0.1, 0.15) is 0 Å². The number of carbonyl (C=O) groups is 1. The lowest BCUT2D eigenvalue weighted by molar-refractivity contribution is 0.0907. The lowest BCUT2D eigenvalue weighted by Gasteiger charge is -2.17. The summed E-state index contributed by atoms with van der Waals surface area (Å²) in [6, 6.07) is 6.79. The Hall–Kier alpha value is -1.60. The minimum Gasteiger partial charge on any atom is -0.378 e. The Bertz CT molecular complexity index is 668. The monoisotopic (exact) mass is 338 g/mol. The van der Waals surface area contributed by atoms with Gasteiger partial charge in [-0.2, -0.15) is 0 Å². The van der Waals surface area contributed by atoms with Crippen LogP contribution >= 0.6 is 0 Å². The first-order valence-corrected chi connectivity index (χ1v) is 9.67. The molecule has 1 unspecified atom stereocenters. The number of anilines is 1. The van der Waals surface area contributed by atoms with Gasteiger partial charge < -0.3 is 10.1 Å². The van der Waals surface area contributed by atoms with Crippen molar-refractivity contribution < 1.29 is 17.9 Å². The molecule has 7 heteroatoms. The van der Waals surface area contributed by atoms with Gasteiger partial charge in [-0.3, -0.25) is 9.10 Å². The van der Waals surface area contributed by atoms with Crippen molar-refractivity contribution in [1.82, 2.24) is 5.32 Å². The largest absolute Gasteiger partial charge is 0.378 e. The molecule has 0 aliphatic carbocycles. The lowest BCUT2D eigenvalue weighted by atomic mass is 10.1. The number of rotatable bonds is 5. The van der Waals surface area contributed by atoms with E-state index < -0.39 is 10.0 Å². The van der Waals surface area contributed by atoms with Crippen LogP contribution in [0.5, 0.6) is 0 Å². The molecule has 23 heavy (non-hydrogen) atoms. The quantitative estimate of drug-likeness (QED) is 0.883. The van der Waals surface area contributed by atoms with Gasteiger partial charge in [0.05, 0.1) is 17.5 Å². The maximum Gasteiger partial charge on any atom is 0.251 e. The smallest absolute Gasteiger partial charge is 0.251 e. The van der Waals surface area contributed by atoms with Crippen molar-refractivity contribution in [1.29, 1.82) is 0 Å². The van der Waals surface area contributed by atoms with E-state index in [1.54, 1.807) is 24.3 Å². The van der Waals surface area contributed by atoms with E-state index in [4.69, 9.17) is 4.74 Å². The fraction of sp³-hybridized carbons (Fsp3) is 0.562. The first-order chi connectivity index (χ1) is 11.1. The topological polar surface area (TPSA) is 75.7 Å². The first kappa shape index (κ1) is 16.3. The second-order valence-corrected chi connectivity index (χ2v) is 7.98. The standard InChI is InChI=1S/C16H22N2O4S/c19-16(17-8-7-15-6-2-10-22-15)13-4-1-5-14(12-13)18-9-3-11-23(18,20)21/h1,4-5,12,15H,2-3,6-11H2,(H,17,19). The predicted molar refractivity (Wildman–Crippen MR) is 88.1 cm³/mol. The van der Waals surface area contributed by atoms with Crippen LogP contribution in [-0.2, 0) is 14.8 Å². The molecule has 0 bridgehead atoms. The third-order valence-electron chi connectivity index (χ3n) is 4.27. The van der Waals surface area contributed by atoms with Crippen molar-refractivity contribution in [2.75, 3.05) is 29.8 Å². The summed E-state index contributed by atoms with van der Waals surface area (Å²) in [5, 5.41) is 2.88. The van der Waals surface area contributed by atoms with E-state index in [1.165, 1.54) is 4.31 Å². The molecular formula is C16H22N2O4S. The number of carbonyl (C=O) groups excluding carboxylic acids is 1. The van der Waals surface area contributed by atoms with E-state index in [1.807, 2.05) is 0 Å². The van der Waals surface area contributed by atoms with Crippen LogP contribution in [0.4, 0.5) is 5.69 Å². The Kier molecular flexibility index (Phi) is 4.87.